The number of nitrogens with one attached hydrogen (secondary N) is 1. The van der Waals surface area contributed by atoms with Crippen molar-refractivity contribution in [3.8, 4) is 0 Å². The van der Waals surface area contributed by atoms with E-state index in [0.717, 1.165) is 64.2 Å². The third-order valence-electron chi connectivity index (χ3n) is 7.44. The van der Waals surface area contributed by atoms with Crippen molar-refractivity contribution in [2.24, 2.45) is 0 Å². The number of allylic oxidation sites excluding steroid dienone is 4. The summed E-state index contributed by atoms with van der Waals surface area (Å²) >= 11 is 0. The number of hydrogen-bond donors (Lipinski definition) is 2. The molecule has 2 N–H and O–H groups in total. The lowest BCUT2D eigenvalue weighted by molar-refractivity contribution is -0.870. The molecule has 8 nitrogen and oxygen atoms in total. The zero-order valence-corrected chi connectivity index (χ0v) is 29.3. The number of phosphoric acid groups is 1. The molecule has 0 saturated carbocycles. The van der Waals surface area contributed by atoms with Crippen LogP contribution in [0.5, 0.6) is 0 Å². The lowest BCUT2D eigenvalue weighted by Gasteiger charge is -2.30. The molecule has 0 aromatic rings. The molecule has 0 saturated heterocycles. The van der Waals surface area contributed by atoms with E-state index in [-0.39, 0.29) is 19.1 Å². The van der Waals surface area contributed by atoms with Crippen LogP contribution in [0.2, 0.25) is 0 Å². The van der Waals surface area contributed by atoms with Crippen LogP contribution in [0.3, 0.4) is 0 Å². The number of nitrogens with zero attached hydrogens (tertiary/aromatic N) is 1. The highest BCUT2D eigenvalue weighted by Gasteiger charge is 2.24. The van der Waals surface area contributed by atoms with Crippen LogP contribution in [0.15, 0.2) is 24.3 Å². The second-order valence-corrected chi connectivity index (χ2v) is 14.3. The zero-order chi connectivity index (χ0) is 32.2. The van der Waals surface area contributed by atoms with E-state index >= 15 is 0 Å². The SMILES string of the molecule is CCCC/C=C\C/C=C\CCCCCCCC(=O)NC(COP(=O)([O-])OCC[N+](C)(C)C)C(O)CCCCCCCCC. The number of unbranched alkanes of at least 4 members (excludes halogenated alkanes) is 13. The highest BCUT2D eigenvalue weighted by Crippen LogP contribution is 2.38. The minimum atomic E-state index is -4.55. The molecule has 0 aliphatic rings. The van der Waals surface area contributed by atoms with Gasteiger partial charge in [-0.15, -0.1) is 0 Å². The number of carbonyl (C=O) groups excluding carboxylic acids is 1. The molecule has 0 aliphatic heterocycles. The van der Waals surface area contributed by atoms with Crippen molar-refractivity contribution in [1.82, 2.24) is 5.32 Å². The molecule has 3 unspecified atom stereocenters. The highest BCUT2D eigenvalue weighted by molar-refractivity contribution is 7.45. The average molecular weight is 631 g/mol. The fourth-order valence-corrected chi connectivity index (χ4v) is 5.30. The first-order valence-corrected chi connectivity index (χ1v) is 18.6. The number of amides is 1. The largest absolute Gasteiger partial charge is 0.756 e. The Kier molecular flexibility index (Phi) is 26.7. The van der Waals surface area contributed by atoms with E-state index in [1.807, 2.05) is 21.1 Å². The fraction of sp³-hybridized carbons (Fsp3) is 0.853. The predicted molar refractivity (Wildman–Crippen MR) is 178 cm³/mol. The summed E-state index contributed by atoms with van der Waals surface area (Å²) in [5.74, 6) is -0.186. The van der Waals surface area contributed by atoms with Gasteiger partial charge in [0.25, 0.3) is 7.82 Å². The summed E-state index contributed by atoms with van der Waals surface area (Å²) in [5.41, 5.74) is 0. The second kappa shape index (κ2) is 27.3. The molecule has 0 fully saturated rings. The Morgan fingerprint density at radius 2 is 1.37 bits per heavy atom. The standard InChI is InChI=1S/C34H67N2O6P/c1-6-8-10-12-14-15-16-17-18-19-20-22-24-26-28-34(38)35-32(33(37)27-25-23-21-13-11-9-7-2)31-42-43(39,40)41-30-29-36(3,4)5/h12,14,16-17,32-33,37H,6-11,13,15,18-31H2,1-5H3,(H-,35,38,39,40)/b14-12-,17-16-. The molecule has 0 aromatic carbocycles. The number of hydrogen-bond acceptors (Lipinski definition) is 6. The van der Waals surface area contributed by atoms with Crippen LogP contribution < -0.4 is 10.2 Å². The van der Waals surface area contributed by atoms with Crippen LogP contribution in [0.4, 0.5) is 0 Å². The molecule has 3 atom stereocenters. The first kappa shape index (κ1) is 42.0. The number of aliphatic hydroxyl groups is 1. The normalized spacial score (nSPS) is 15.2. The van der Waals surface area contributed by atoms with Crippen molar-refractivity contribution in [1.29, 1.82) is 0 Å². The summed E-state index contributed by atoms with van der Waals surface area (Å²) in [7, 11) is 1.28. The number of aliphatic hydroxyl groups excluding tert-OH is 1. The van der Waals surface area contributed by atoms with E-state index in [4.69, 9.17) is 9.05 Å². The predicted octanol–water partition coefficient (Wildman–Crippen LogP) is 7.60. The minimum Gasteiger partial charge on any atom is -0.756 e. The average Bonchev–Trinajstić information content (AvgIpc) is 2.94. The maximum atomic E-state index is 12.7. The maximum absolute atomic E-state index is 12.7. The summed E-state index contributed by atoms with van der Waals surface area (Å²) < 4.78 is 23.0. The number of quaternary nitrogens is 1. The molecule has 0 radical (unpaired) electrons. The van der Waals surface area contributed by atoms with Crippen molar-refractivity contribution in [2.75, 3.05) is 40.9 Å². The topological polar surface area (TPSA) is 108 Å². The number of carbonyl (C=O) groups is 1. The van der Waals surface area contributed by atoms with Gasteiger partial charge in [-0.05, 0) is 38.5 Å². The fourth-order valence-electron chi connectivity index (χ4n) is 4.58. The van der Waals surface area contributed by atoms with E-state index in [1.165, 1.54) is 44.9 Å². The molecule has 1 amide bonds. The van der Waals surface area contributed by atoms with Crippen LogP contribution in [0, 0.1) is 0 Å². The molecule has 9 heteroatoms. The van der Waals surface area contributed by atoms with Crippen molar-refractivity contribution >= 4 is 13.7 Å². The van der Waals surface area contributed by atoms with E-state index in [0.29, 0.717) is 23.9 Å². The van der Waals surface area contributed by atoms with Gasteiger partial charge in [-0.1, -0.05) is 115 Å². The van der Waals surface area contributed by atoms with Crippen molar-refractivity contribution in [3.63, 3.8) is 0 Å². The molecule has 0 spiro atoms. The molecular weight excluding hydrogens is 563 g/mol. The summed E-state index contributed by atoms with van der Waals surface area (Å²) in [6.45, 7) is 4.58. The third kappa shape index (κ3) is 29.5. The summed E-state index contributed by atoms with van der Waals surface area (Å²) in [6.07, 6.45) is 27.6. The summed E-state index contributed by atoms with van der Waals surface area (Å²) in [6, 6.07) is -0.801. The van der Waals surface area contributed by atoms with Crippen LogP contribution in [-0.4, -0.2) is 68.5 Å². The second-order valence-electron chi connectivity index (χ2n) is 12.9. The van der Waals surface area contributed by atoms with Gasteiger partial charge in [0.15, 0.2) is 0 Å². The Morgan fingerprint density at radius 1 is 0.814 bits per heavy atom. The third-order valence-corrected chi connectivity index (χ3v) is 8.41. The van der Waals surface area contributed by atoms with Gasteiger partial charge in [-0.2, -0.15) is 0 Å². The van der Waals surface area contributed by atoms with Gasteiger partial charge in [0.2, 0.25) is 5.91 Å². The molecule has 0 heterocycles. The Hall–Kier alpha value is -1.02. The quantitative estimate of drug-likeness (QED) is 0.0366. The van der Waals surface area contributed by atoms with Crippen LogP contribution in [0.1, 0.15) is 136 Å². The highest BCUT2D eigenvalue weighted by atomic mass is 31.2. The molecule has 43 heavy (non-hydrogen) atoms. The van der Waals surface area contributed by atoms with Gasteiger partial charge in [-0.25, -0.2) is 0 Å². The first-order valence-electron chi connectivity index (χ1n) is 17.2. The van der Waals surface area contributed by atoms with Crippen LogP contribution >= 0.6 is 7.82 Å². The lowest BCUT2D eigenvalue weighted by atomic mass is 10.0. The zero-order valence-electron chi connectivity index (χ0n) is 28.4. The van der Waals surface area contributed by atoms with E-state index in [2.05, 4.69) is 43.5 Å². The van der Waals surface area contributed by atoms with Gasteiger partial charge in [0.05, 0.1) is 39.9 Å². The van der Waals surface area contributed by atoms with Crippen molar-refractivity contribution in [2.45, 2.75) is 148 Å². The number of phosphoric ester groups is 1. The monoisotopic (exact) mass is 630 g/mol. The van der Waals surface area contributed by atoms with Gasteiger partial charge < -0.3 is 28.8 Å². The van der Waals surface area contributed by atoms with Gasteiger partial charge in [0, 0.05) is 6.42 Å². The van der Waals surface area contributed by atoms with Crippen molar-refractivity contribution < 1.29 is 32.9 Å². The van der Waals surface area contributed by atoms with E-state index in [9.17, 15) is 19.4 Å². The van der Waals surface area contributed by atoms with Gasteiger partial charge in [0.1, 0.15) is 13.2 Å². The Labute approximate surface area is 264 Å². The molecule has 0 aromatic heterocycles. The molecular formula is C34H67N2O6P. The Morgan fingerprint density at radius 3 is 2.00 bits per heavy atom. The molecule has 254 valence electrons. The smallest absolute Gasteiger partial charge is 0.268 e. The van der Waals surface area contributed by atoms with Crippen molar-refractivity contribution in [3.05, 3.63) is 24.3 Å². The summed E-state index contributed by atoms with van der Waals surface area (Å²) in [4.78, 5) is 25.0. The minimum absolute atomic E-state index is 0.00858. The Bertz CT molecular complexity index is 768. The maximum Gasteiger partial charge on any atom is 0.268 e. The number of rotatable bonds is 30. The van der Waals surface area contributed by atoms with Gasteiger partial charge >= 0.3 is 0 Å². The first-order chi connectivity index (χ1) is 20.5. The Balaban J connectivity index is 4.48. The summed E-state index contributed by atoms with van der Waals surface area (Å²) in [5, 5.41) is 13.7. The molecule has 0 aliphatic carbocycles. The number of likely N-dealkylation sites (N-methyl/N-ethyl adjacent to an activating group) is 1. The van der Waals surface area contributed by atoms with Crippen LogP contribution in [0.25, 0.3) is 0 Å². The van der Waals surface area contributed by atoms with E-state index in [1.54, 1.807) is 0 Å². The van der Waals surface area contributed by atoms with Gasteiger partial charge in [-0.3, -0.25) is 9.36 Å². The molecule has 0 rings (SSSR count). The molecule has 0 bridgehead atoms. The van der Waals surface area contributed by atoms with E-state index < -0.39 is 20.0 Å². The lowest BCUT2D eigenvalue weighted by Crippen LogP contribution is -2.46. The van der Waals surface area contributed by atoms with Crippen LogP contribution in [-0.2, 0) is 18.4 Å².